The zero-order valence-electron chi connectivity index (χ0n) is 10.1. The van der Waals surface area contributed by atoms with Crippen LogP contribution in [-0.4, -0.2) is 19.6 Å². The van der Waals surface area contributed by atoms with E-state index in [1.165, 1.54) is 0 Å². The molecule has 0 saturated heterocycles. The molecule has 2 rings (SSSR count). The summed E-state index contributed by atoms with van der Waals surface area (Å²) in [5, 5.41) is 8.68. The lowest BCUT2D eigenvalue weighted by Crippen LogP contribution is -2.05. The molecule has 0 spiro atoms. The number of nitrogens with zero attached hydrogens (tertiary/aromatic N) is 4. The molecule has 0 bridgehead atoms. The molecule has 0 radical (unpaired) electrons. The van der Waals surface area contributed by atoms with Crippen molar-refractivity contribution in [3.05, 3.63) is 23.7 Å². The molecule has 2 heterocycles. The summed E-state index contributed by atoms with van der Waals surface area (Å²) in [4.78, 5) is 0. The number of hydrogen-bond donors (Lipinski definition) is 1. The van der Waals surface area contributed by atoms with Gasteiger partial charge in [-0.05, 0) is 18.4 Å². The first-order valence-corrected chi connectivity index (χ1v) is 5.34. The summed E-state index contributed by atoms with van der Waals surface area (Å²) < 4.78 is 3.54. The minimum Gasteiger partial charge on any atom is -0.394 e. The summed E-state index contributed by atoms with van der Waals surface area (Å²) in [7, 11) is 1.88. The molecule has 2 N–H and O–H groups in total. The quantitative estimate of drug-likeness (QED) is 0.834. The third-order valence-corrected chi connectivity index (χ3v) is 2.56. The van der Waals surface area contributed by atoms with Gasteiger partial charge >= 0.3 is 0 Å². The predicted molar refractivity (Wildman–Crippen MR) is 63.6 cm³/mol. The Morgan fingerprint density at radius 1 is 1.38 bits per heavy atom. The van der Waals surface area contributed by atoms with Crippen LogP contribution in [0, 0.1) is 6.92 Å². The van der Waals surface area contributed by atoms with Crippen molar-refractivity contribution in [2.45, 2.75) is 26.7 Å². The van der Waals surface area contributed by atoms with Gasteiger partial charge in [0.05, 0.1) is 11.9 Å². The highest BCUT2D eigenvalue weighted by atomic mass is 15.4. The normalized spacial score (nSPS) is 11.3. The van der Waals surface area contributed by atoms with Gasteiger partial charge in [0, 0.05) is 13.2 Å². The average Bonchev–Trinajstić information content (AvgIpc) is 2.71. The number of hydrogen-bond acceptors (Lipinski definition) is 3. The Morgan fingerprint density at radius 2 is 2.06 bits per heavy atom. The second kappa shape index (κ2) is 3.66. The lowest BCUT2D eigenvalue weighted by atomic mass is 10.1. The van der Waals surface area contributed by atoms with E-state index in [9.17, 15) is 0 Å². The Labute approximate surface area is 94.9 Å². The highest BCUT2D eigenvalue weighted by Crippen LogP contribution is 2.26. The maximum absolute atomic E-state index is 6.10. The van der Waals surface area contributed by atoms with Crippen LogP contribution in [0.25, 0.3) is 5.82 Å². The number of aryl methyl sites for hydroxylation is 2. The van der Waals surface area contributed by atoms with E-state index in [1.807, 2.05) is 26.4 Å². The molecule has 0 unspecified atom stereocenters. The number of nitrogens with two attached hydrogens (primary N) is 1. The molecular formula is C11H17N5. The second-order valence-corrected chi connectivity index (χ2v) is 4.36. The Morgan fingerprint density at radius 3 is 2.50 bits per heavy atom. The summed E-state index contributed by atoms with van der Waals surface area (Å²) in [5.74, 6) is 1.15. The molecule has 2 aromatic rings. The lowest BCUT2D eigenvalue weighted by molar-refractivity contribution is 0.676. The van der Waals surface area contributed by atoms with E-state index in [1.54, 1.807) is 9.36 Å². The lowest BCUT2D eigenvalue weighted by Gasteiger charge is -2.03. The van der Waals surface area contributed by atoms with Gasteiger partial charge in [-0.3, -0.25) is 0 Å². The largest absolute Gasteiger partial charge is 0.394 e. The molecule has 0 amide bonds. The molecule has 0 saturated carbocycles. The molecule has 5 nitrogen and oxygen atoms in total. The van der Waals surface area contributed by atoms with Crippen LogP contribution in [0.1, 0.15) is 31.0 Å². The van der Waals surface area contributed by atoms with E-state index in [4.69, 9.17) is 5.73 Å². The van der Waals surface area contributed by atoms with Crippen molar-refractivity contribution in [2.75, 3.05) is 5.73 Å². The van der Waals surface area contributed by atoms with Crippen molar-refractivity contribution in [2.24, 2.45) is 7.05 Å². The summed E-state index contributed by atoms with van der Waals surface area (Å²) in [5.41, 5.74) is 8.84. The van der Waals surface area contributed by atoms with E-state index >= 15 is 0 Å². The number of anilines is 1. The van der Waals surface area contributed by atoms with Crippen molar-refractivity contribution < 1.29 is 0 Å². The zero-order chi connectivity index (χ0) is 11.9. The molecule has 5 heteroatoms. The molecule has 0 aliphatic rings. The van der Waals surface area contributed by atoms with Gasteiger partial charge in [0.15, 0.2) is 5.82 Å². The Kier molecular flexibility index (Phi) is 2.46. The highest BCUT2D eigenvalue weighted by Gasteiger charge is 2.17. The average molecular weight is 219 g/mol. The van der Waals surface area contributed by atoms with Gasteiger partial charge in [-0.25, -0.2) is 9.36 Å². The topological polar surface area (TPSA) is 61.7 Å². The van der Waals surface area contributed by atoms with E-state index < -0.39 is 0 Å². The van der Waals surface area contributed by atoms with Crippen LogP contribution >= 0.6 is 0 Å². The molecular weight excluding hydrogens is 202 g/mol. The van der Waals surface area contributed by atoms with Crippen molar-refractivity contribution >= 4 is 5.69 Å². The molecule has 0 aliphatic heterocycles. The Balaban J connectivity index is 2.57. The predicted octanol–water partition coefficient (Wildman–Crippen LogP) is 1.62. The fourth-order valence-corrected chi connectivity index (χ4v) is 1.78. The SMILES string of the molecule is Cc1cnn(-c2c(N)c(C(C)C)nn2C)c1. The van der Waals surface area contributed by atoms with E-state index in [2.05, 4.69) is 24.0 Å². The van der Waals surface area contributed by atoms with Gasteiger partial charge in [0.1, 0.15) is 5.69 Å². The summed E-state index contributed by atoms with van der Waals surface area (Å²) in [6.45, 7) is 6.16. The maximum atomic E-state index is 6.10. The van der Waals surface area contributed by atoms with Crippen LogP contribution < -0.4 is 5.73 Å². The molecule has 0 aliphatic carbocycles. The maximum Gasteiger partial charge on any atom is 0.175 e. The molecule has 0 fully saturated rings. The number of nitrogen functional groups attached to an aromatic ring is 1. The van der Waals surface area contributed by atoms with Crippen molar-refractivity contribution in [3.8, 4) is 5.82 Å². The fraction of sp³-hybridized carbons (Fsp3) is 0.455. The van der Waals surface area contributed by atoms with Crippen LogP contribution in [0.2, 0.25) is 0 Å². The van der Waals surface area contributed by atoms with Crippen LogP contribution in [0.15, 0.2) is 12.4 Å². The molecule has 0 aromatic carbocycles. The van der Waals surface area contributed by atoms with Gasteiger partial charge in [-0.2, -0.15) is 10.2 Å². The van der Waals surface area contributed by atoms with Crippen molar-refractivity contribution in [1.82, 2.24) is 19.6 Å². The Hall–Kier alpha value is -1.78. The third-order valence-electron chi connectivity index (χ3n) is 2.56. The highest BCUT2D eigenvalue weighted by molar-refractivity contribution is 5.58. The van der Waals surface area contributed by atoms with Crippen molar-refractivity contribution in [3.63, 3.8) is 0 Å². The van der Waals surface area contributed by atoms with Gasteiger partial charge in [-0.15, -0.1) is 0 Å². The number of rotatable bonds is 2. The minimum absolute atomic E-state index is 0.316. The first-order chi connectivity index (χ1) is 7.50. The zero-order valence-corrected chi connectivity index (χ0v) is 10.1. The minimum atomic E-state index is 0.316. The third kappa shape index (κ3) is 1.58. The van der Waals surface area contributed by atoms with Crippen molar-refractivity contribution in [1.29, 1.82) is 0 Å². The van der Waals surface area contributed by atoms with E-state index in [-0.39, 0.29) is 0 Å². The summed E-state index contributed by atoms with van der Waals surface area (Å²) in [6.07, 6.45) is 3.75. The fourth-order valence-electron chi connectivity index (χ4n) is 1.78. The first kappa shape index (κ1) is 10.7. The van der Waals surface area contributed by atoms with Crippen LogP contribution in [0.3, 0.4) is 0 Å². The molecule has 86 valence electrons. The van der Waals surface area contributed by atoms with Crippen LogP contribution in [0.4, 0.5) is 5.69 Å². The van der Waals surface area contributed by atoms with Gasteiger partial charge < -0.3 is 5.73 Å². The molecule has 2 aromatic heterocycles. The van der Waals surface area contributed by atoms with Crippen LogP contribution in [-0.2, 0) is 7.05 Å². The Bertz CT molecular complexity index is 506. The van der Waals surface area contributed by atoms with Gasteiger partial charge in [0.2, 0.25) is 0 Å². The smallest absolute Gasteiger partial charge is 0.175 e. The van der Waals surface area contributed by atoms with E-state index in [0.29, 0.717) is 11.6 Å². The second-order valence-electron chi connectivity index (χ2n) is 4.36. The van der Waals surface area contributed by atoms with Gasteiger partial charge in [0.25, 0.3) is 0 Å². The standard InChI is InChI=1S/C11H17N5/c1-7(2)10-9(12)11(15(4)14-10)16-6-8(3)5-13-16/h5-7H,12H2,1-4H3. The molecule has 0 atom stereocenters. The summed E-state index contributed by atoms with van der Waals surface area (Å²) >= 11 is 0. The van der Waals surface area contributed by atoms with Gasteiger partial charge in [-0.1, -0.05) is 13.8 Å². The number of aromatic nitrogens is 4. The van der Waals surface area contributed by atoms with E-state index in [0.717, 1.165) is 17.1 Å². The first-order valence-electron chi connectivity index (χ1n) is 5.34. The molecule has 16 heavy (non-hydrogen) atoms. The van der Waals surface area contributed by atoms with Crippen LogP contribution in [0.5, 0.6) is 0 Å². The summed E-state index contributed by atoms with van der Waals surface area (Å²) in [6, 6.07) is 0. The monoisotopic (exact) mass is 219 g/mol.